The van der Waals surface area contributed by atoms with Gasteiger partial charge in [0.1, 0.15) is 16.8 Å². The van der Waals surface area contributed by atoms with E-state index in [0.29, 0.717) is 28.5 Å². The SMILES string of the molecule is C=C/C(=C\N=C)S(=O)NC1CC2=C(C(=O)OC)CN=C(c3nccs3)N2C1.Fc1cccc(Cl)c1. The summed E-state index contributed by atoms with van der Waals surface area (Å²) in [5, 5.41) is 3.09. The van der Waals surface area contributed by atoms with Crippen molar-refractivity contribution in [1.82, 2.24) is 14.6 Å². The summed E-state index contributed by atoms with van der Waals surface area (Å²) >= 11 is 6.88. The second kappa shape index (κ2) is 12.6. The number of rotatable bonds is 7. The molecule has 2 aromatic rings. The third-order valence-corrected chi connectivity index (χ3v) is 7.16. The number of methoxy groups -OCH3 is 1. The predicted molar refractivity (Wildman–Crippen MR) is 138 cm³/mol. The van der Waals surface area contributed by atoms with Crippen LogP contribution in [0.2, 0.25) is 5.02 Å². The topological polar surface area (TPSA) is 96.2 Å². The van der Waals surface area contributed by atoms with Crippen LogP contribution in [0.4, 0.5) is 4.39 Å². The number of ether oxygens (including phenoxy) is 1. The first-order valence-electron chi connectivity index (χ1n) is 10.3. The summed E-state index contributed by atoms with van der Waals surface area (Å²) in [4.78, 5) is 27.1. The van der Waals surface area contributed by atoms with E-state index in [2.05, 4.69) is 33.0 Å². The van der Waals surface area contributed by atoms with Crippen molar-refractivity contribution in [3.8, 4) is 0 Å². The molecule has 2 unspecified atom stereocenters. The molecule has 0 spiro atoms. The van der Waals surface area contributed by atoms with Gasteiger partial charge in [-0.1, -0.05) is 30.3 Å². The number of hydrogen-bond acceptors (Lipinski definition) is 8. The molecule has 35 heavy (non-hydrogen) atoms. The van der Waals surface area contributed by atoms with Crippen LogP contribution in [-0.4, -0.2) is 58.9 Å². The highest BCUT2D eigenvalue weighted by Crippen LogP contribution is 2.32. The molecule has 0 saturated carbocycles. The van der Waals surface area contributed by atoms with Gasteiger partial charge in [-0.3, -0.25) is 9.98 Å². The minimum absolute atomic E-state index is 0.156. The van der Waals surface area contributed by atoms with Gasteiger partial charge in [-0.25, -0.2) is 23.1 Å². The van der Waals surface area contributed by atoms with Gasteiger partial charge in [0, 0.05) is 47.5 Å². The van der Waals surface area contributed by atoms with Crippen molar-refractivity contribution in [2.24, 2.45) is 9.98 Å². The highest BCUT2D eigenvalue weighted by molar-refractivity contribution is 7.87. The Labute approximate surface area is 214 Å². The molecule has 1 saturated heterocycles. The number of aromatic nitrogens is 1. The van der Waals surface area contributed by atoms with E-state index in [4.69, 9.17) is 16.3 Å². The third kappa shape index (κ3) is 6.79. The summed E-state index contributed by atoms with van der Waals surface area (Å²) in [6, 6.07) is 5.66. The van der Waals surface area contributed by atoms with Gasteiger partial charge in [0.25, 0.3) is 0 Å². The van der Waals surface area contributed by atoms with E-state index in [9.17, 15) is 13.4 Å². The van der Waals surface area contributed by atoms with Gasteiger partial charge in [-0.05, 0) is 24.9 Å². The van der Waals surface area contributed by atoms with Crippen molar-refractivity contribution in [3.05, 3.63) is 86.7 Å². The molecule has 184 valence electrons. The van der Waals surface area contributed by atoms with Gasteiger partial charge in [0.05, 0.1) is 24.1 Å². The van der Waals surface area contributed by atoms with E-state index >= 15 is 0 Å². The Kier molecular flexibility index (Phi) is 9.61. The minimum Gasteiger partial charge on any atom is -0.466 e. The first-order chi connectivity index (χ1) is 16.9. The Morgan fingerprint density at radius 1 is 1.49 bits per heavy atom. The number of fused-ring (bicyclic) bond motifs is 1. The second-order valence-corrected chi connectivity index (χ2v) is 9.73. The molecule has 2 atom stereocenters. The maximum Gasteiger partial charge on any atom is 0.337 e. The zero-order valence-corrected chi connectivity index (χ0v) is 21.2. The van der Waals surface area contributed by atoms with Gasteiger partial charge in [-0.15, -0.1) is 11.3 Å². The molecule has 1 aromatic carbocycles. The number of carbonyl (C=O) groups is 1. The van der Waals surface area contributed by atoms with Crippen LogP contribution in [0.1, 0.15) is 11.4 Å². The molecule has 0 bridgehead atoms. The number of amidine groups is 1. The van der Waals surface area contributed by atoms with Gasteiger partial charge >= 0.3 is 5.97 Å². The average molecular weight is 536 g/mol. The summed E-state index contributed by atoms with van der Waals surface area (Å²) < 4.78 is 32.6. The Morgan fingerprint density at radius 3 is 2.86 bits per heavy atom. The number of aliphatic imine (C=N–C) groups is 2. The van der Waals surface area contributed by atoms with Crippen LogP contribution in [0.25, 0.3) is 0 Å². The summed E-state index contributed by atoms with van der Waals surface area (Å²) in [6.45, 7) is 7.76. The molecule has 1 aromatic heterocycles. The normalized spacial score (nSPS) is 18.1. The smallest absolute Gasteiger partial charge is 0.337 e. The summed E-state index contributed by atoms with van der Waals surface area (Å²) in [5.41, 5.74) is 1.34. The second-order valence-electron chi connectivity index (χ2n) is 7.15. The van der Waals surface area contributed by atoms with Crippen molar-refractivity contribution in [3.63, 3.8) is 0 Å². The Balaban J connectivity index is 0.000000363. The molecular weight excluding hydrogens is 513 g/mol. The van der Waals surface area contributed by atoms with E-state index in [1.165, 1.54) is 42.9 Å². The fraction of sp³-hybridized carbons (Fsp3) is 0.217. The Bertz CT molecular complexity index is 1200. The standard InChI is InChI=1S/C17H19N5O3S2.C6H4ClF/c1-4-12(8-18-2)27(24)21-11-7-14-13(17(23)25-3)9-20-15(22(14)10-11)16-19-5-6-26-16;7-5-2-1-3-6(8)4-5/h4-6,8,11,21H,1-2,7,9-10H2,3H3;1-4H/b12-8+;. The summed E-state index contributed by atoms with van der Waals surface area (Å²) in [5.74, 6) is 0.0220. The molecule has 2 aliphatic rings. The lowest BCUT2D eigenvalue weighted by Gasteiger charge is -2.26. The van der Waals surface area contributed by atoms with E-state index in [0.717, 1.165) is 16.5 Å². The van der Waals surface area contributed by atoms with Crippen molar-refractivity contribution in [2.75, 3.05) is 20.2 Å². The molecule has 1 fully saturated rings. The molecule has 3 heterocycles. The number of allylic oxidation sites excluding steroid dienone is 1. The highest BCUT2D eigenvalue weighted by atomic mass is 35.5. The predicted octanol–water partition coefficient (Wildman–Crippen LogP) is 3.87. The van der Waals surface area contributed by atoms with Crippen molar-refractivity contribution < 1.29 is 18.1 Å². The van der Waals surface area contributed by atoms with E-state index in [1.54, 1.807) is 18.3 Å². The number of esters is 1. The maximum atomic E-state index is 12.5. The van der Waals surface area contributed by atoms with Gasteiger partial charge in [0.15, 0.2) is 10.8 Å². The monoisotopic (exact) mass is 535 g/mol. The number of halogens is 2. The third-order valence-electron chi connectivity index (χ3n) is 4.91. The average Bonchev–Trinajstić information content (AvgIpc) is 3.52. The lowest BCUT2D eigenvalue weighted by Crippen LogP contribution is -2.38. The van der Waals surface area contributed by atoms with Crippen LogP contribution in [-0.2, 0) is 20.5 Å². The number of carbonyl (C=O) groups excluding carboxylic acids is 1. The molecule has 2 aliphatic heterocycles. The van der Waals surface area contributed by atoms with Crippen LogP contribution >= 0.6 is 22.9 Å². The van der Waals surface area contributed by atoms with Gasteiger partial charge in [-0.2, -0.15) is 0 Å². The number of thiazole rings is 1. The number of nitrogens with one attached hydrogen (secondary N) is 1. The lowest BCUT2D eigenvalue weighted by molar-refractivity contribution is -0.136. The molecule has 8 nitrogen and oxygen atoms in total. The molecule has 12 heteroatoms. The minimum atomic E-state index is -1.49. The number of hydrogen-bond donors (Lipinski definition) is 1. The first kappa shape index (κ1) is 26.6. The maximum absolute atomic E-state index is 12.5. The first-order valence-corrected chi connectivity index (χ1v) is 12.7. The zero-order chi connectivity index (χ0) is 25.4. The summed E-state index contributed by atoms with van der Waals surface area (Å²) in [7, 11) is -0.141. The lowest BCUT2D eigenvalue weighted by atomic mass is 10.1. The van der Waals surface area contributed by atoms with E-state index in [-0.39, 0.29) is 18.4 Å². The van der Waals surface area contributed by atoms with E-state index in [1.807, 2.05) is 10.3 Å². The zero-order valence-electron chi connectivity index (χ0n) is 18.8. The number of nitrogens with zero attached hydrogens (tertiary/aromatic N) is 4. The quantitative estimate of drug-likeness (QED) is 0.330. The largest absolute Gasteiger partial charge is 0.466 e. The molecule has 0 aliphatic carbocycles. The highest BCUT2D eigenvalue weighted by Gasteiger charge is 2.38. The fourth-order valence-electron chi connectivity index (χ4n) is 3.42. The summed E-state index contributed by atoms with van der Waals surface area (Å²) in [6.07, 6.45) is 5.11. The van der Waals surface area contributed by atoms with Crippen molar-refractivity contribution >= 4 is 52.4 Å². The van der Waals surface area contributed by atoms with Crippen LogP contribution in [0.15, 0.2) is 80.9 Å². The molecule has 4 rings (SSSR count). The van der Waals surface area contributed by atoms with E-state index < -0.39 is 17.0 Å². The molecule has 0 radical (unpaired) electrons. The Morgan fingerprint density at radius 2 is 2.29 bits per heavy atom. The van der Waals surface area contributed by atoms with Crippen LogP contribution < -0.4 is 4.72 Å². The molecule has 1 N–H and O–H groups in total. The fourth-order valence-corrected chi connectivity index (χ4v) is 5.16. The van der Waals surface area contributed by atoms with Crippen LogP contribution in [0.3, 0.4) is 0 Å². The van der Waals surface area contributed by atoms with Crippen molar-refractivity contribution in [1.29, 1.82) is 0 Å². The van der Waals surface area contributed by atoms with Crippen LogP contribution in [0.5, 0.6) is 0 Å². The molecular formula is C23H23ClFN5O3S2. The Hall–Kier alpha value is -2.99. The van der Waals surface area contributed by atoms with Gasteiger partial charge < -0.3 is 9.64 Å². The van der Waals surface area contributed by atoms with Crippen molar-refractivity contribution in [2.45, 2.75) is 12.5 Å². The van der Waals surface area contributed by atoms with Crippen LogP contribution in [0, 0.1) is 5.82 Å². The number of benzene rings is 1. The molecule has 0 amide bonds. The van der Waals surface area contributed by atoms with Gasteiger partial charge in [0.2, 0.25) is 0 Å².